The molecule has 0 saturated carbocycles. The third kappa shape index (κ3) is 6.82. The van der Waals surface area contributed by atoms with Gasteiger partial charge in [0.05, 0.1) is 5.56 Å². The molecular formula is C14H18ClF3N2O. The van der Waals surface area contributed by atoms with E-state index in [9.17, 15) is 18.0 Å². The quantitative estimate of drug-likeness (QED) is 0.877. The van der Waals surface area contributed by atoms with Gasteiger partial charge in [-0.1, -0.05) is 11.6 Å². The van der Waals surface area contributed by atoms with E-state index in [0.717, 1.165) is 12.1 Å². The molecule has 0 aliphatic carbocycles. The molecule has 0 fully saturated rings. The van der Waals surface area contributed by atoms with Crippen molar-refractivity contribution in [3.63, 3.8) is 0 Å². The first-order valence-electron chi connectivity index (χ1n) is 6.40. The first kappa shape index (κ1) is 17.8. The Labute approximate surface area is 126 Å². The Kier molecular flexibility index (Phi) is 5.64. The average Bonchev–Trinajstić information content (AvgIpc) is 2.24. The van der Waals surface area contributed by atoms with E-state index in [0.29, 0.717) is 6.54 Å². The van der Waals surface area contributed by atoms with Gasteiger partial charge in [-0.05, 0) is 39.0 Å². The van der Waals surface area contributed by atoms with Gasteiger partial charge < -0.3 is 10.6 Å². The minimum Gasteiger partial charge on any atom is -0.326 e. The zero-order valence-corrected chi connectivity index (χ0v) is 12.8. The Morgan fingerprint density at radius 1 is 1.19 bits per heavy atom. The van der Waals surface area contributed by atoms with E-state index in [1.807, 2.05) is 20.8 Å². The van der Waals surface area contributed by atoms with Crippen LogP contribution in [0.3, 0.4) is 0 Å². The van der Waals surface area contributed by atoms with Gasteiger partial charge in [0, 0.05) is 29.2 Å². The summed E-state index contributed by atoms with van der Waals surface area (Å²) in [6.07, 6.45) is -4.34. The highest BCUT2D eigenvalue weighted by Gasteiger charge is 2.31. The number of halogens is 4. The van der Waals surface area contributed by atoms with Gasteiger partial charge in [-0.2, -0.15) is 13.2 Å². The van der Waals surface area contributed by atoms with Crippen molar-refractivity contribution < 1.29 is 18.0 Å². The average molecular weight is 323 g/mol. The molecule has 0 bridgehead atoms. The molecule has 0 aliphatic heterocycles. The van der Waals surface area contributed by atoms with Crippen LogP contribution in [-0.4, -0.2) is 18.0 Å². The molecule has 3 nitrogen and oxygen atoms in total. The molecule has 118 valence electrons. The summed E-state index contributed by atoms with van der Waals surface area (Å²) in [6.45, 7) is 6.30. The summed E-state index contributed by atoms with van der Waals surface area (Å²) in [6, 6.07) is 2.96. The van der Waals surface area contributed by atoms with Gasteiger partial charge in [-0.25, -0.2) is 0 Å². The molecule has 0 spiro atoms. The lowest BCUT2D eigenvalue weighted by atomic mass is 10.1. The molecule has 0 radical (unpaired) electrons. The first-order chi connectivity index (χ1) is 9.47. The number of nitrogens with one attached hydrogen (secondary N) is 2. The van der Waals surface area contributed by atoms with E-state index in [4.69, 9.17) is 11.6 Å². The van der Waals surface area contributed by atoms with Gasteiger partial charge in [0.2, 0.25) is 5.91 Å². The number of anilines is 1. The van der Waals surface area contributed by atoms with Gasteiger partial charge >= 0.3 is 6.18 Å². The van der Waals surface area contributed by atoms with Crippen molar-refractivity contribution in [1.82, 2.24) is 5.32 Å². The Bertz CT molecular complexity index is 510. The van der Waals surface area contributed by atoms with Crippen LogP contribution in [0, 0.1) is 0 Å². The van der Waals surface area contributed by atoms with Gasteiger partial charge in [0.25, 0.3) is 0 Å². The topological polar surface area (TPSA) is 41.1 Å². The van der Waals surface area contributed by atoms with E-state index in [1.165, 1.54) is 6.07 Å². The van der Waals surface area contributed by atoms with E-state index in [-0.39, 0.29) is 28.6 Å². The lowest BCUT2D eigenvalue weighted by Crippen LogP contribution is -2.37. The minimum atomic E-state index is -4.50. The molecule has 0 unspecified atom stereocenters. The molecular weight excluding hydrogens is 305 g/mol. The zero-order chi connectivity index (χ0) is 16.3. The van der Waals surface area contributed by atoms with Gasteiger partial charge in [0.15, 0.2) is 0 Å². The van der Waals surface area contributed by atoms with Crippen LogP contribution in [0.15, 0.2) is 18.2 Å². The van der Waals surface area contributed by atoms with Crippen molar-refractivity contribution in [2.24, 2.45) is 0 Å². The largest absolute Gasteiger partial charge is 0.416 e. The maximum Gasteiger partial charge on any atom is 0.416 e. The van der Waals surface area contributed by atoms with Crippen LogP contribution >= 0.6 is 11.6 Å². The number of alkyl halides is 3. The van der Waals surface area contributed by atoms with Crippen molar-refractivity contribution in [3.8, 4) is 0 Å². The van der Waals surface area contributed by atoms with E-state index < -0.39 is 11.7 Å². The van der Waals surface area contributed by atoms with Crippen LogP contribution < -0.4 is 10.6 Å². The predicted molar refractivity (Wildman–Crippen MR) is 77.5 cm³/mol. The molecule has 1 aromatic carbocycles. The molecule has 0 aromatic heterocycles. The molecule has 0 heterocycles. The highest BCUT2D eigenvalue weighted by Crippen LogP contribution is 2.33. The fourth-order valence-electron chi connectivity index (χ4n) is 1.60. The van der Waals surface area contributed by atoms with Crippen molar-refractivity contribution in [2.75, 3.05) is 11.9 Å². The van der Waals surface area contributed by atoms with E-state index in [2.05, 4.69) is 10.6 Å². The molecule has 0 aliphatic rings. The second kappa shape index (κ2) is 6.66. The van der Waals surface area contributed by atoms with Crippen molar-refractivity contribution in [1.29, 1.82) is 0 Å². The van der Waals surface area contributed by atoms with E-state index >= 15 is 0 Å². The van der Waals surface area contributed by atoms with Gasteiger partial charge in [-0.15, -0.1) is 0 Å². The molecule has 1 rings (SSSR count). The lowest BCUT2D eigenvalue weighted by Gasteiger charge is -2.20. The zero-order valence-electron chi connectivity index (χ0n) is 12.1. The fraction of sp³-hybridized carbons (Fsp3) is 0.500. The number of hydrogen-bond acceptors (Lipinski definition) is 2. The van der Waals surface area contributed by atoms with Gasteiger partial charge in [0.1, 0.15) is 0 Å². The summed E-state index contributed by atoms with van der Waals surface area (Å²) in [7, 11) is 0. The van der Waals surface area contributed by atoms with Crippen LogP contribution in [0.5, 0.6) is 0 Å². The van der Waals surface area contributed by atoms with Crippen molar-refractivity contribution in [2.45, 2.75) is 38.9 Å². The van der Waals surface area contributed by atoms with Crippen LogP contribution in [0.25, 0.3) is 0 Å². The Morgan fingerprint density at radius 2 is 1.81 bits per heavy atom. The standard InChI is InChI=1S/C14H18ClF3N2O/c1-13(2,3)19-5-4-12(21)20-11-7-9(14(16,17)18)6-10(15)8-11/h6-8,19H,4-5H2,1-3H3,(H,20,21). The van der Waals surface area contributed by atoms with Gasteiger partial charge in [-0.3, -0.25) is 4.79 Å². The fourth-order valence-corrected chi connectivity index (χ4v) is 1.84. The number of carbonyl (C=O) groups is 1. The second-order valence-corrected chi connectivity index (χ2v) is 6.14. The summed E-state index contributed by atoms with van der Waals surface area (Å²) < 4.78 is 37.9. The molecule has 7 heteroatoms. The highest BCUT2D eigenvalue weighted by molar-refractivity contribution is 6.31. The third-order valence-corrected chi connectivity index (χ3v) is 2.73. The first-order valence-corrected chi connectivity index (χ1v) is 6.78. The highest BCUT2D eigenvalue weighted by atomic mass is 35.5. The van der Waals surface area contributed by atoms with Crippen molar-refractivity contribution >= 4 is 23.2 Å². The molecule has 1 aromatic rings. The number of amides is 1. The summed E-state index contributed by atoms with van der Waals surface area (Å²) in [4.78, 5) is 11.7. The van der Waals surface area contributed by atoms with Crippen LogP contribution in [0.2, 0.25) is 5.02 Å². The number of hydrogen-bond donors (Lipinski definition) is 2. The number of benzene rings is 1. The monoisotopic (exact) mass is 322 g/mol. The molecule has 0 atom stereocenters. The number of carbonyl (C=O) groups excluding carboxylic acids is 1. The second-order valence-electron chi connectivity index (χ2n) is 5.70. The summed E-state index contributed by atoms with van der Waals surface area (Å²) in [5.74, 6) is -0.373. The smallest absolute Gasteiger partial charge is 0.326 e. The van der Waals surface area contributed by atoms with Crippen molar-refractivity contribution in [3.05, 3.63) is 28.8 Å². The van der Waals surface area contributed by atoms with Crippen LogP contribution in [0.1, 0.15) is 32.8 Å². The minimum absolute atomic E-state index is 0.0376. The maximum atomic E-state index is 12.6. The molecule has 2 N–H and O–H groups in total. The number of rotatable bonds is 4. The SMILES string of the molecule is CC(C)(C)NCCC(=O)Nc1cc(Cl)cc(C(F)(F)F)c1. The van der Waals surface area contributed by atoms with Crippen LogP contribution in [-0.2, 0) is 11.0 Å². The normalized spacial score (nSPS) is 12.3. The molecule has 1 amide bonds. The summed E-state index contributed by atoms with van der Waals surface area (Å²) >= 11 is 5.64. The summed E-state index contributed by atoms with van der Waals surface area (Å²) in [5.41, 5.74) is -0.978. The predicted octanol–water partition coefficient (Wildman–Crippen LogP) is 4.08. The lowest BCUT2D eigenvalue weighted by molar-refractivity contribution is -0.137. The third-order valence-electron chi connectivity index (χ3n) is 2.52. The summed E-state index contributed by atoms with van der Waals surface area (Å²) in [5, 5.41) is 5.46. The Morgan fingerprint density at radius 3 is 2.33 bits per heavy atom. The maximum absolute atomic E-state index is 12.6. The van der Waals surface area contributed by atoms with E-state index in [1.54, 1.807) is 0 Å². The Balaban J connectivity index is 2.66. The Hall–Kier alpha value is -1.27. The molecule has 21 heavy (non-hydrogen) atoms. The van der Waals surface area contributed by atoms with Crippen LogP contribution in [0.4, 0.5) is 18.9 Å². The molecule has 0 saturated heterocycles.